The van der Waals surface area contributed by atoms with Crippen LogP contribution in [0.25, 0.3) is 11.4 Å². The molecule has 164 valence electrons. The van der Waals surface area contributed by atoms with Gasteiger partial charge in [0.1, 0.15) is 6.04 Å². The predicted molar refractivity (Wildman–Crippen MR) is 119 cm³/mol. The number of hydrogen-bond acceptors (Lipinski definition) is 5. The minimum Gasteiger partial charge on any atom is -0.345 e. The van der Waals surface area contributed by atoms with E-state index in [2.05, 4.69) is 31.9 Å². The molecule has 1 aliphatic carbocycles. The number of amides is 1. The monoisotopic (exact) mass is 421 g/mol. The van der Waals surface area contributed by atoms with E-state index in [1.807, 2.05) is 39.0 Å². The van der Waals surface area contributed by atoms with E-state index >= 15 is 0 Å². The molecular weight excluding hydrogens is 390 g/mol. The van der Waals surface area contributed by atoms with Crippen LogP contribution in [0.4, 0.5) is 0 Å². The van der Waals surface area contributed by atoms with E-state index in [9.17, 15) is 4.79 Å². The summed E-state index contributed by atoms with van der Waals surface area (Å²) in [5, 5.41) is 7.22. The highest BCUT2D eigenvalue weighted by atomic mass is 16.5. The van der Waals surface area contributed by atoms with Gasteiger partial charge in [-0.2, -0.15) is 4.98 Å². The first-order valence-electron chi connectivity index (χ1n) is 11.2. The molecule has 31 heavy (non-hydrogen) atoms. The van der Waals surface area contributed by atoms with Crippen LogP contribution in [0, 0.1) is 19.8 Å². The van der Waals surface area contributed by atoms with Crippen LogP contribution in [0.5, 0.6) is 0 Å². The van der Waals surface area contributed by atoms with E-state index in [-0.39, 0.29) is 17.9 Å². The number of nitrogens with zero attached hydrogens (tertiary/aromatic N) is 4. The Labute approximate surface area is 183 Å². The maximum atomic E-state index is 13.3. The summed E-state index contributed by atoms with van der Waals surface area (Å²) in [4.78, 5) is 21.9. The summed E-state index contributed by atoms with van der Waals surface area (Å²) in [6.07, 6.45) is 9.59. The zero-order chi connectivity index (χ0) is 22.0. The third kappa shape index (κ3) is 4.40. The van der Waals surface area contributed by atoms with Gasteiger partial charge in [-0.05, 0) is 50.8 Å². The lowest BCUT2D eigenvalue weighted by Gasteiger charge is -2.26. The lowest BCUT2D eigenvalue weighted by atomic mass is 9.95. The van der Waals surface area contributed by atoms with Gasteiger partial charge in [0, 0.05) is 35.4 Å². The van der Waals surface area contributed by atoms with Crippen molar-refractivity contribution in [3.8, 4) is 11.4 Å². The second-order valence-corrected chi connectivity index (χ2v) is 8.84. The van der Waals surface area contributed by atoms with Gasteiger partial charge in [0.25, 0.3) is 5.91 Å². The molecule has 3 heterocycles. The van der Waals surface area contributed by atoms with E-state index < -0.39 is 0 Å². The van der Waals surface area contributed by atoms with Gasteiger partial charge in [0.15, 0.2) is 0 Å². The molecule has 1 N–H and O–H groups in total. The number of nitrogens with one attached hydrogen (secondary N) is 1. The van der Waals surface area contributed by atoms with Gasteiger partial charge in [-0.25, -0.2) is 0 Å². The summed E-state index contributed by atoms with van der Waals surface area (Å²) < 4.78 is 7.88. The Morgan fingerprint density at radius 1 is 1.23 bits per heavy atom. The Morgan fingerprint density at radius 2 is 2.00 bits per heavy atom. The first kappa shape index (κ1) is 21.3. The number of aryl methyl sites for hydroxylation is 1. The van der Waals surface area contributed by atoms with Crippen molar-refractivity contribution in [3.05, 3.63) is 53.4 Å². The fourth-order valence-electron chi connectivity index (χ4n) is 4.61. The number of hydrogen-bond donors (Lipinski definition) is 1. The van der Waals surface area contributed by atoms with E-state index in [1.165, 1.54) is 32.1 Å². The van der Waals surface area contributed by atoms with Crippen molar-refractivity contribution < 1.29 is 9.32 Å². The van der Waals surface area contributed by atoms with Gasteiger partial charge in [0.2, 0.25) is 11.7 Å². The molecular formula is C24H31N5O2. The Morgan fingerprint density at radius 3 is 2.68 bits per heavy atom. The molecule has 0 saturated heterocycles. The van der Waals surface area contributed by atoms with Gasteiger partial charge in [-0.15, -0.1) is 0 Å². The molecule has 0 spiro atoms. The minimum absolute atomic E-state index is 0.0907. The van der Waals surface area contributed by atoms with Crippen molar-refractivity contribution in [1.82, 2.24) is 25.0 Å². The zero-order valence-corrected chi connectivity index (χ0v) is 18.8. The molecule has 1 saturated carbocycles. The van der Waals surface area contributed by atoms with Gasteiger partial charge in [-0.3, -0.25) is 9.78 Å². The second kappa shape index (κ2) is 9.04. The number of rotatable bonds is 6. The molecule has 1 unspecified atom stereocenters. The van der Waals surface area contributed by atoms with Crippen LogP contribution in [0.15, 0.2) is 35.1 Å². The predicted octanol–water partition coefficient (Wildman–Crippen LogP) is 5.18. The molecule has 0 aliphatic heterocycles. The van der Waals surface area contributed by atoms with Crippen molar-refractivity contribution in [2.75, 3.05) is 0 Å². The largest absolute Gasteiger partial charge is 0.345 e. The summed E-state index contributed by atoms with van der Waals surface area (Å²) in [5.41, 5.74) is 3.68. The van der Waals surface area contributed by atoms with Crippen molar-refractivity contribution in [3.63, 3.8) is 0 Å². The average molecular weight is 422 g/mol. The quantitative estimate of drug-likeness (QED) is 0.592. The molecule has 0 bridgehead atoms. The molecule has 1 amide bonds. The van der Waals surface area contributed by atoms with Crippen LogP contribution in [0.1, 0.15) is 85.7 Å². The van der Waals surface area contributed by atoms with Crippen molar-refractivity contribution in [2.45, 2.75) is 71.9 Å². The highest BCUT2D eigenvalue weighted by Gasteiger charge is 2.28. The van der Waals surface area contributed by atoms with E-state index in [1.54, 1.807) is 12.4 Å². The van der Waals surface area contributed by atoms with Crippen LogP contribution in [-0.4, -0.2) is 25.6 Å². The van der Waals surface area contributed by atoms with Crippen molar-refractivity contribution in [2.24, 2.45) is 5.92 Å². The Balaban J connectivity index is 1.56. The number of aromatic nitrogens is 4. The van der Waals surface area contributed by atoms with Crippen LogP contribution in [-0.2, 0) is 0 Å². The fraction of sp³-hybridized carbons (Fsp3) is 0.500. The van der Waals surface area contributed by atoms with Gasteiger partial charge in [-0.1, -0.05) is 38.3 Å². The van der Waals surface area contributed by atoms with Crippen LogP contribution in [0.3, 0.4) is 0 Å². The topological polar surface area (TPSA) is 85.8 Å². The van der Waals surface area contributed by atoms with Crippen LogP contribution in [0.2, 0.25) is 0 Å². The first-order valence-corrected chi connectivity index (χ1v) is 11.2. The Bertz CT molecular complexity index is 1030. The summed E-state index contributed by atoms with van der Waals surface area (Å²) in [6.45, 7) is 8.21. The molecule has 1 atom stereocenters. The zero-order valence-electron chi connectivity index (χ0n) is 18.8. The maximum absolute atomic E-state index is 13.3. The Hall–Kier alpha value is -2.96. The SMILES string of the molecule is Cc1cc(C(=O)NC(c2nc(-c3cccnc3)no2)C(C)C)c(C)n1C1CCCCC1. The summed E-state index contributed by atoms with van der Waals surface area (Å²) >= 11 is 0. The second-order valence-electron chi connectivity index (χ2n) is 8.84. The molecule has 0 aromatic carbocycles. The van der Waals surface area contributed by atoms with Gasteiger partial charge in [0.05, 0.1) is 5.56 Å². The third-order valence-electron chi connectivity index (χ3n) is 6.25. The normalized spacial score (nSPS) is 15.9. The molecule has 7 nitrogen and oxygen atoms in total. The smallest absolute Gasteiger partial charge is 0.253 e. The van der Waals surface area contributed by atoms with E-state index in [0.29, 0.717) is 17.8 Å². The number of pyridine rings is 1. The standard InChI is InChI=1S/C24H31N5O2/c1-15(2)21(24-27-22(28-31-24)18-9-8-12-25-14-18)26-23(30)20-13-16(3)29(17(20)4)19-10-6-5-7-11-19/h8-9,12-15,19,21H,5-7,10-11H2,1-4H3,(H,26,30). The van der Waals surface area contributed by atoms with Crippen molar-refractivity contribution in [1.29, 1.82) is 0 Å². The highest BCUT2D eigenvalue weighted by Crippen LogP contribution is 2.32. The van der Waals surface area contributed by atoms with Gasteiger partial charge >= 0.3 is 0 Å². The van der Waals surface area contributed by atoms with Crippen LogP contribution < -0.4 is 5.32 Å². The summed E-state index contributed by atoms with van der Waals surface area (Å²) in [7, 11) is 0. The molecule has 0 radical (unpaired) electrons. The minimum atomic E-state index is -0.372. The Kier molecular flexibility index (Phi) is 6.20. The highest BCUT2D eigenvalue weighted by molar-refractivity contribution is 5.96. The lowest BCUT2D eigenvalue weighted by molar-refractivity contribution is 0.0913. The van der Waals surface area contributed by atoms with E-state index in [4.69, 9.17) is 4.52 Å². The molecule has 3 aromatic heterocycles. The third-order valence-corrected chi connectivity index (χ3v) is 6.25. The molecule has 1 fully saturated rings. The average Bonchev–Trinajstić information content (AvgIpc) is 3.37. The summed E-state index contributed by atoms with van der Waals surface area (Å²) in [5.74, 6) is 0.865. The molecule has 3 aromatic rings. The van der Waals surface area contributed by atoms with Crippen molar-refractivity contribution >= 4 is 5.91 Å². The molecule has 1 aliphatic rings. The fourth-order valence-corrected chi connectivity index (χ4v) is 4.61. The lowest BCUT2D eigenvalue weighted by Crippen LogP contribution is -2.32. The maximum Gasteiger partial charge on any atom is 0.253 e. The number of carbonyl (C=O) groups excluding carboxylic acids is 1. The first-order chi connectivity index (χ1) is 15.0. The van der Waals surface area contributed by atoms with Crippen LogP contribution >= 0.6 is 0 Å². The number of carbonyl (C=O) groups is 1. The summed E-state index contributed by atoms with van der Waals surface area (Å²) in [6, 6.07) is 5.84. The molecule has 7 heteroatoms. The molecule has 4 rings (SSSR count). The van der Waals surface area contributed by atoms with E-state index in [0.717, 1.165) is 22.5 Å². The van der Waals surface area contributed by atoms with Gasteiger partial charge < -0.3 is 14.4 Å².